The maximum atomic E-state index is 12.8. The molecule has 0 unspecified atom stereocenters. The van der Waals surface area contributed by atoms with Crippen LogP contribution in [0.25, 0.3) is 21.9 Å². The first kappa shape index (κ1) is 15.9. The average molecular weight is 408 g/mol. The van der Waals surface area contributed by atoms with Crippen LogP contribution in [0.1, 0.15) is 21.7 Å². The van der Waals surface area contributed by atoms with Crippen molar-refractivity contribution in [3.05, 3.63) is 64.0 Å². The molecule has 0 saturated carbocycles. The van der Waals surface area contributed by atoms with Gasteiger partial charge in [-0.3, -0.25) is 4.79 Å². The molecule has 4 nitrogen and oxygen atoms in total. The second kappa shape index (κ2) is 5.45. The summed E-state index contributed by atoms with van der Waals surface area (Å²) >= 11 is 3.40. The number of H-pyrrole nitrogens is 2. The van der Waals surface area contributed by atoms with Gasteiger partial charge < -0.3 is 9.97 Å². The summed E-state index contributed by atoms with van der Waals surface area (Å²) < 4.78 is 39.2. The summed E-state index contributed by atoms with van der Waals surface area (Å²) in [6.07, 6.45) is -2.89. The van der Waals surface area contributed by atoms with Gasteiger partial charge in [0.25, 0.3) is 0 Å². The minimum Gasteiger partial charge on any atom is -0.360 e. The van der Waals surface area contributed by atoms with Crippen LogP contribution in [0.5, 0.6) is 0 Å². The molecular formula is C17H9BrF3N3O. The minimum atomic E-state index is -4.45. The van der Waals surface area contributed by atoms with Crippen LogP contribution >= 0.6 is 15.9 Å². The predicted molar refractivity (Wildman–Crippen MR) is 90.5 cm³/mol. The molecule has 2 aromatic heterocycles. The average Bonchev–Trinajstić information content (AvgIpc) is 3.17. The Morgan fingerprint density at radius 1 is 1.16 bits per heavy atom. The number of rotatable bonds is 2. The Bertz CT molecular complexity index is 1130. The number of benzene rings is 2. The molecule has 0 aliphatic carbocycles. The van der Waals surface area contributed by atoms with Gasteiger partial charge in [-0.1, -0.05) is 12.1 Å². The minimum absolute atomic E-state index is 0.00444. The number of hydrogen-bond acceptors (Lipinski definition) is 2. The van der Waals surface area contributed by atoms with Gasteiger partial charge in [0.05, 0.1) is 27.7 Å². The number of ketones is 1. The lowest BCUT2D eigenvalue weighted by atomic mass is 10.1. The van der Waals surface area contributed by atoms with Gasteiger partial charge >= 0.3 is 6.18 Å². The molecule has 2 aromatic carbocycles. The fraction of sp³-hybridized carbons (Fsp3) is 0.0588. The van der Waals surface area contributed by atoms with E-state index in [2.05, 4.69) is 30.9 Å². The van der Waals surface area contributed by atoms with E-state index in [1.165, 1.54) is 6.07 Å². The maximum absolute atomic E-state index is 12.8. The molecule has 2 N–H and O–H groups in total. The fourth-order valence-corrected chi connectivity index (χ4v) is 3.21. The summed E-state index contributed by atoms with van der Waals surface area (Å²) in [6.45, 7) is 0. The lowest BCUT2D eigenvalue weighted by Crippen LogP contribution is -2.04. The van der Waals surface area contributed by atoms with Crippen molar-refractivity contribution >= 4 is 43.6 Å². The summed E-state index contributed by atoms with van der Waals surface area (Å²) in [6, 6.07) is 8.56. The number of carbonyl (C=O) groups excluding carboxylic acids is 1. The third-order valence-electron chi connectivity index (χ3n) is 3.93. The number of fused-ring (bicyclic) bond motifs is 2. The van der Waals surface area contributed by atoms with Crippen LogP contribution in [-0.2, 0) is 6.18 Å². The van der Waals surface area contributed by atoms with Gasteiger partial charge in [0.15, 0.2) is 5.82 Å². The van der Waals surface area contributed by atoms with E-state index in [-0.39, 0.29) is 11.3 Å². The molecule has 25 heavy (non-hydrogen) atoms. The van der Waals surface area contributed by atoms with Crippen LogP contribution in [0.15, 0.2) is 47.1 Å². The Kier molecular flexibility index (Phi) is 3.47. The highest BCUT2D eigenvalue weighted by Gasteiger charge is 2.31. The highest BCUT2D eigenvalue weighted by Crippen LogP contribution is 2.31. The second-order valence-corrected chi connectivity index (χ2v) is 6.36. The van der Waals surface area contributed by atoms with E-state index in [1.54, 1.807) is 18.3 Å². The van der Waals surface area contributed by atoms with Crippen LogP contribution in [0.2, 0.25) is 0 Å². The zero-order valence-corrected chi connectivity index (χ0v) is 14.0. The topological polar surface area (TPSA) is 61.5 Å². The predicted octanol–water partition coefficient (Wildman–Crippen LogP) is 5.06. The number of halogens is 4. The van der Waals surface area contributed by atoms with Crippen molar-refractivity contribution < 1.29 is 18.0 Å². The lowest BCUT2D eigenvalue weighted by molar-refractivity contribution is -0.137. The number of aromatic nitrogens is 3. The van der Waals surface area contributed by atoms with Gasteiger partial charge in [-0.25, -0.2) is 4.98 Å². The smallest absolute Gasteiger partial charge is 0.360 e. The molecule has 126 valence electrons. The fourth-order valence-electron chi connectivity index (χ4n) is 2.73. The van der Waals surface area contributed by atoms with Gasteiger partial charge in [-0.2, -0.15) is 13.2 Å². The van der Waals surface area contributed by atoms with Crippen molar-refractivity contribution in [1.29, 1.82) is 0 Å². The van der Waals surface area contributed by atoms with Crippen LogP contribution in [0.4, 0.5) is 13.2 Å². The monoisotopic (exact) mass is 407 g/mol. The summed E-state index contributed by atoms with van der Waals surface area (Å²) in [5.41, 5.74) is 0.836. The summed E-state index contributed by atoms with van der Waals surface area (Å²) in [4.78, 5) is 22.6. The number of alkyl halides is 3. The van der Waals surface area contributed by atoms with Crippen molar-refractivity contribution in [1.82, 2.24) is 15.0 Å². The van der Waals surface area contributed by atoms with Gasteiger partial charge in [0.2, 0.25) is 5.78 Å². The first-order chi connectivity index (χ1) is 11.8. The van der Waals surface area contributed by atoms with Crippen molar-refractivity contribution in [3.63, 3.8) is 0 Å². The number of imidazole rings is 1. The Morgan fingerprint density at radius 3 is 2.72 bits per heavy atom. The van der Waals surface area contributed by atoms with Gasteiger partial charge in [0, 0.05) is 16.1 Å². The highest BCUT2D eigenvalue weighted by atomic mass is 79.9. The Labute approximate surface area is 147 Å². The molecule has 0 bridgehead atoms. The third kappa shape index (κ3) is 2.62. The molecule has 0 spiro atoms. The second-order valence-electron chi connectivity index (χ2n) is 5.51. The molecule has 0 radical (unpaired) electrons. The molecule has 8 heteroatoms. The van der Waals surface area contributed by atoms with E-state index in [4.69, 9.17) is 0 Å². The van der Waals surface area contributed by atoms with E-state index >= 15 is 0 Å². The number of nitrogens with zero attached hydrogens (tertiary/aromatic N) is 1. The van der Waals surface area contributed by atoms with Gasteiger partial charge in [-0.05, 0) is 40.2 Å². The maximum Gasteiger partial charge on any atom is 0.416 e. The quantitative estimate of drug-likeness (QED) is 0.456. The molecule has 4 rings (SSSR count). The molecule has 2 heterocycles. The lowest BCUT2D eigenvalue weighted by Gasteiger charge is -2.05. The molecule has 0 amide bonds. The van der Waals surface area contributed by atoms with Crippen LogP contribution < -0.4 is 0 Å². The zero-order chi connectivity index (χ0) is 17.8. The van der Waals surface area contributed by atoms with Crippen molar-refractivity contribution in [2.75, 3.05) is 0 Å². The summed E-state index contributed by atoms with van der Waals surface area (Å²) in [5, 5.41) is 0.704. The molecule has 0 aliphatic heterocycles. The van der Waals surface area contributed by atoms with Crippen LogP contribution in [-0.4, -0.2) is 20.7 Å². The van der Waals surface area contributed by atoms with Gasteiger partial charge in [0.1, 0.15) is 0 Å². The van der Waals surface area contributed by atoms with E-state index in [1.807, 2.05) is 6.07 Å². The van der Waals surface area contributed by atoms with E-state index in [9.17, 15) is 18.0 Å². The van der Waals surface area contributed by atoms with Crippen LogP contribution in [0.3, 0.4) is 0 Å². The molecular weight excluding hydrogens is 399 g/mol. The largest absolute Gasteiger partial charge is 0.416 e. The Hall–Kier alpha value is -2.61. The highest BCUT2D eigenvalue weighted by molar-refractivity contribution is 9.10. The number of carbonyl (C=O) groups is 1. The molecule has 0 fully saturated rings. The zero-order valence-electron chi connectivity index (χ0n) is 12.4. The number of nitrogens with one attached hydrogen (secondary N) is 2. The third-order valence-corrected chi connectivity index (χ3v) is 4.59. The molecule has 0 aliphatic rings. The molecule has 0 atom stereocenters. The first-order valence-electron chi connectivity index (χ1n) is 7.22. The van der Waals surface area contributed by atoms with Crippen molar-refractivity contribution in [3.8, 4) is 0 Å². The summed E-state index contributed by atoms with van der Waals surface area (Å²) in [5.74, 6) is -0.399. The van der Waals surface area contributed by atoms with E-state index < -0.39 is 17.5 Å². The van der Waals surface area contributed by atoms with E-state index in [0.29, 0.717) is 16.5 Å². The van der Waals surface area contributed by atoms with Crippen molar-refractivity contribution in [2.45, 2.75) is 6.18 Å². The van der Waals surface area contributed by atoms with E-state index in [0.717, 1.165) is 22.1 Å². The van der Waals surface area contributed by atoms with Gasteiger partial charge in [-0.15, -0.1) is 0 Å². The molecule has 0 saturated heterocycles. The standard InChI is InChI=1S/C17H9BrF3N3O/c18-11-3-1-2-9-10(7-22-14(9)11)15(25)16-23-12-5-4-8(17(19,20)21)6-13(12)24-16/h1-7,22H,(H,23,24). The SMILES string of the molecule is O=C(c1nc2ccc(C(F)(F)F)cc2[nH]1)c1c[nH]c2c(Br)cccc12. The normalized spacial score (nSPS) is 12.2. The Balaban J connectivity index is 1.80. The molecule has 4 aromatic rings. The Morgan fingerprint density at radius 2 is 1.96 bits per heavy atom. The first-order valence-corrected chi connectivity index (χ1v) is 8.01. The summed E-state index contributed by atoms with van der Waals surface area (Å²) in [7, 11) is 0. The number of para-hydroxylation sites is 1. The number of aromatic amines is 2. The number of hydrogen-bond donors (Lipinski definition) is 2. The van der Waals surface area contributed by atoms with Crippen molar-refractivity contribution in [2.24, 2.45) is 0 Å². The van der Waals surface area contributed by atoms with Crippen LogP contribution in [0, 0.1) is 0 Å².